The summed E-state index contributed by atoms with van der Waals surface area (Å²) in [6.45, 7) is 1.84. The van der Waals surface area contributed by atoms with Gasteiger partial charge in [0.2, 0.25) is 17.6 Å². The molecule has 1 unspecified atom stereocenters. The van der Waals surface area contributed by atoms with E-state index < -0.39 is 0 Å². The summed E-state index contributed by atoms with van der Waals surface area (Å²) in [5.41, 5.74) is 0.653. The van der Waals surface area contributed by atoms with Crippen LogP contribution in [-0.4, -0.2) is 21.0 Å². The standard InChI is InChI=1S/C14H16N4O2/c1-9(16-13(19)10-5-4-6-10)14-17-12(18-20-14)11-7-2-3-8-15-11/h2-3,7-10H,4-6H2,1H3,(H,16,19). The van der Waals surface area contributed by atoms with Crippen LogP contribution in [0, 0.1) is 5.92 Å². The van der Waals surface area contributed by atoms with Crippen molar-refractivity contribution in [2.75, 3.05) is 0 Å². The summed E-state index contributed by atoms with van der Waals surface area (Å²) in [4.78, 5) is 20.3. The molecule has 1 saturated carbocycles. The van der Waals surface area contributed by atoms with E-state index in [9.17, 15) is 4.79 Å². The molecular weight excluding hydrogens is 256 g/mol. The van der Waals surface area contributed by atoms with E-state index in [1.54, 1.807) is 6.20 Å². The molecule has 20 heavy (non-hydrogen) atoms. The highest BCUT2D eigenvalue weighted by molar-refractivity contribution is 5.79. The van der Waals surface area contributed by atoms with E-state index in [2.05, 4.69) is 20.4 Å². The minimum absolute atomic E-state index is 0.0707. The number of carbonyl (C=O) groups is 1. The third-order valence-electron chi connectivity index (χ3n) is 3.54. The molecule has 2 aromatic heterocycles. The lowest BCUT2D eigenvalue weighted by Crippen LogP contribution is -2.36. The summed E-state index contributed by atoms with van der Waals surface area (Å²) < 4.78 is 5.20. The average Bonchev–Trinajstić information content (AvgIpc) is 2.87. The zero-order valence-electron chi connectivity index (χ0n) is 11.2. The Morgan fingerprint density at radius 1 is 1.45 bits per heavy atom. The van der Waals surface area contributed by atoms with Crippen molar-refractivity contribution in [1.29, 1.82) is 0 Å². The van der Waals surface area contributed by atoms with Crippen molar-refractivity contribution < 1.29 is 9.32 Å². The Kier molecular flexibility index (Phi) is 3.45. The first-order valence-electron chi connectivity index (χ1n) is 6.79. The lowest BCUT2D eigenvalue weighted by atomic mass is 9.84. The van der Waals surface area contributed by atoms with Gasteiger partial charge in [-0.15, -0.1) is 0 Å². The van der Waals surface area contributed by atoms with Crippen molar-refractivity contribution in [3.63, 3.8) is 0 Å². The predicted octanol–water partition coefficient (Wildman–Crippen LogP) is 2.11. The van der Waals surface area contributed by atoms with E-state index in [0.29, 0.717) is 17.4 Å². The molecule has 1 N–H and O–H groups in total. The van der Waals surface area contributed by atoms with E-state index in [1.165, 1.54) is 0 Å². The largest absolute Gasteiger partial charge is 0.344 e. The second-order valence-corrected chi connectivity index (χ2v) is 5.03. The predicted molar refractivity (Wildman–Crippen MR) is 71.4 cm³/mol. The zero-order valence-corrected chi connectivity index (χ0v) is 11.2. The highest BCUT2D eigenvalue weighted by Gasteiger charge is 2.27. The number of rotatable bonds is 4. The summed E-state index contributed by atoms with van der Waals surface area (Å²) in [5, 5.41) is 6.80. The molecule has 2 heterocycles. The molecule has 104 valence electrons. The Hall–Kier alpha value is -2.24. The van der Waals surface area contributed by atoms with Gasteiger partial charge in [0.1, 0.15) is 11.7 Å². The number of nitrogens with one attached hydrogen (secondary N) is 1. The average molecular weight is 272 g/mol. The van der Waals surface area contributed by atoms with Crippen LogP contribution in [-0.2, 0) is 4.79 Å². The van der Waals surface area contributed by atoms with Crippen LogP contribution in [0.4, 0.5) is 0 Å². The van der Waals surface area contributed by atoms with Crippen molar-refractivity contribution in [1.82, 2.24) is 20.4 Å². The SMILES string of the molecule is CC(NC(=O)C1CCC1)c1nc(-c2ccccn2)no1. The number of hydrogen-bond acceptors (Lipinski definition) is 5. The monoisotopic (exact) mass is 272 g/mol. The first kappa shape index (κ1) is 12.8. The lowest BCUT2D eigenvalue weighted by Gasteiger charge is -2.25. The van der Waals surface area contributed by atoms with E-state index in [-0.39, 0.29) is 17.9 Å². The second-order valence-electron chi connectivity index (χ2n) is 5.03. The minimum atomic E-state index is -0.284. The molecule has 0 radical (unpaired) electrons. The van der Waals surface area contributed by atoms with Crippen LogP contribution < -0.4 is 5.32 Å². The highest BCUT2D eigenvalue weighted by atomic mass is 16.5. The van der Waals surface area contributed by atoms with Crippen LogP contribution >= 0.6 is 0 Å². The number of nitrogens with zero attached hydrogens (tertiary/aromatic N) is 3. The normalized spacial score (nSPS) is 16.4. The van der Waals surface area contributed by atoms with Gasteiger partial charge in [-0.3, -0.25) is 9.78 Å². The van der Waals surface area contributed by atoms with Gasteiger partial charge in [-0.05, 0) is 31.9 Å². The Balaban J connectivity index is 1.68. The van der Waals surface area contributed by atoms with Gasteiger partial charge < -0.3 is 9.84 Å². The van der Waals surface area contributed by atoms with Gasteiger partial charge in [0.15, 0.2) is 0 Å². The van der Waals surface area contributed by atoms with Crippen molar-refractivity contribution >= 4 is 5.91 Å². The Morgan fingerprint density at radius 3 is 2.95 bits per heavy atom. The summed E-state index contributed by atoms with van der Waals surface area (Å²) in [6, 6.07) is 5.21. The van der Waals surface area contributed by atoms with E-state index in [1.807, 2.05) is 25.1 Å². The van der Waals surface area contributed by atoms with Gasteiger partial charge in [-0.1, -0.05) is 17.6 Å². The fourth-order valence-corrected chi connectivity index (χ4v) is 2.07. The van der Waals surface area contributed by atoms with Crippen molar-refractivity contribution in [2.45, 2.75) is 32.2 Å². The summed E-state index contributed by atoms with van der Waals surface area (Å²) in [7, 11) is 0. The Morgan fingerprint density at radius 2 is 2.30 bits per heavy atom. The van der Waals surface area contributed by atoms with E-state index >= 15 is 0 Å². The molecule has 0 aliphatic heterocycles. The lowest BCUT2D eigenvalue weighted by molar-refractivity contribution is -0.128. The molecule has 1 aliphatic rings. The fraction of sp³-hybridized carbons (Fsp3) is 0.429. The number of carbonyl (C=O) groups excluding carboxylic acids is 1. The van der Waals surface area contributed by atoms with Crippen LogP contribution in [0.1, 0.15) is 38.1 Å². The van der Waals surface area contributed by atoms with Crippen molar-refractivity contribution in [3.05, 3.63) is 30.3 Å². The first-order chi connectivity index (χ1) is 9.74. The summed E-state index contributed by atoms with van der Waals surface area (Å²) >= 11 is 0. The zero-order chi connectivity index (χ0) is 13.9. The second kappa shape index (κ2) is 5.40. The molecule has 3 rings (SSSR count). The van der Waals surface area contributed by atoms with Crippen molar-refractivity contribution in [2.24, 2.45) is 5.92 Å². The number of aromatic nitrogens is 3. The van der Waals surface area contributed by atoms with Gasteiger partial charge >= 0.3 is 0 Å². The third-order valence-corrected chi connectivity index (χ3v) is 3.54. The van der Waals surface area contributed by atoms with Crippen molar-refractivity contribution in [3.8, 4) is 11.5 Å². The van der Waals surface area contributed by atoms with Crippen LogP contribution in [0.15, 0.2) is 28.9 Å². The Bertz CT molecular complexity index is 592. The number of pyridine rings is 1. The molecule has 0 aromatic carbocycles. The maximum Gasteiger partial charge on any atom is 0.249 e. The molecule has 0 spiro atoms. The van der Waals surface area contributed by atoms with Gasteiger partial charge in [0.25, 0.3) is 0 Å². The smallest absolute Gasteiger partial charge is 0.249 e. The molecule has 0 saturated heterocycles. The van der Waals surface area contributed by atoms with E-state index in [4.69, 9.17) is 4.52 Å². The first-order valence-corrected chi connectivity index (χ1v) is 6.79. The molecule has 1 amide bonds. The fourth-order valence-electron chi connectivity index (χ4n) is 2.07. The molecule has 6 heteroatoms. The van der Waals surface area contributed by atoms with Gasteiger partial charge in [0.05, 0.1) is 0 Å². The molecule has 1 atom stereocenters. The molecule has 2 aromatic rings. The van der Waals surface area contributed by atoms with Crippen LogP contribution in [0.5, 0.6) is 0 Å². The van der Waals surface area contributed by atoms with Gasteiger partial charge in [0, 0.05) is 12.1 Å². The van der Waals surface area contributed by atoms with E-state index in [0.717, 1.165) is 19.3 Å². The quantitative estimate of drug-likeness (QED) is 0.921. The van der Waals surface area contributed by atoms with Crippen LogP contribution in [0.25, 0.3) is 11.5 Å². The minimum Gasteiger partial charge on any atom is -0.344 e. The molecule has 1 aliphatic carbocycles. The van der Waals surface area contributed by atoms with Gasteiger partial charge in [-0.2, -0.15) is 4.98 Å². The van der Waals surface area contributed by atoms with Crippen LogP contribution in [0.2, 0.25) is 0 Å². The summed E-state index contributed by atoms with van der Waals surface area (Å²) in [6.07, 6.45) is 4.76. The molecule has 6 nitrogen and oxygen atoms in total. The summed E-state index contributed by atoms with van der Waals surface area (Å²) in [5.74, 6) is 1.06. The topological polar surface area (TPSA) is 80.9 Å². The molecule has 0 bridgehead atoms. The third kappa shape index (κ3) is 2.54. The van der Waals surface area contributed by atoms with Crippen LogP contribution in [0.3, 0.4) is 0 Å². The molecule has 1 fully saturated rings. The number of amides is 1. The Labute approximate surface area is 116 Å². The number of hydrogen-bond donors (Lipinski definition) is 1. The van der Waals surface area contributed by atoms with Gasteiger partial charge in [-0.25, -0.2) is 0 Å². The maximum atomic E-state index is 11.9. The highest BCUT2D eigenvalue weighted by Crippen LogP contribution is 2.27. The molecular formula is C14H16N4O2. The maximum absolute atomic E-state index is 11.9.